The van der Waals surface area contributed by atoms with E-state index in [0.717, 1.165) is 5.69 Å². The molecule has 3 aromatic rings. The maximum Gasteiger partial charge on any atom is 0.257 e. The van der Waals surface area contributed by atoms with Crippen LogP contribution in [0.15, 0.2) is 67.0 Å². The third-order valence-electron chi connectivity index (χ3n) is 3.94. The highest BCUT2D eigenvalue weighted by atomic mass is 19.1. The van der Waals surface area contributed by atoms with Crippen LogP contribution < -0.4 is 5.32 Å². The Morgan fingerprint density at radius 3 is 2.58 bits per heavy atom. The van der Waals surface area contributed by atoms with E-state index < -0.39 is 5.82 Å². The molecule has 6 heteroatoms. The number of benzene rings is 1. The fourth-order valence-corrected chi connectivity index (χ4v) is 2.50. The Kier molecular flexibility index (Phi) is 5.53. The molecule has 132 valence electrons. The highest BCUT2D eigenvalue weighted by Crippen LogP contribution is 2.21. The number of nitrogens with one attached hydrogen (secondary N) is 1. The van der Waals surface area contributed by atoms with Crippen molar-refractivity contribution in [3.63, 3.8) is 0 Å². The van der Waals surface area contributed by atoms with Gasteiger partial charge in [-0.25, -0.2) is 9.37 Å². The van der Waals surface area contributed by atoms with E-state index in [1.807, 2.05) is 18.2 Å². The minimum atomic E-state index is -0.403. The van der Waals surface area contributed by atoms with Gasteiger partial charge in [0.25, 0.3) is 5.91 Å². The van der Waals surface area contributed by atoms with E-state index in [1.54, 1.807) is 54.7 Å². The number of aromatic nitrogens is 2. The van der Waals surface area contributed by atoms with E-state index in [1.165, 1.54) is 6.07 Å². The lowest BCUT2D eigenvalue weighted by Crippen LogP contribution is -2.29. The Labute approximate surface area is 151 Å². The molecule has 0 saturated heterocycles. The van der Waals surface area contributed by atoms with Gasteiger partial charge in [-0.3, -0.25) is 9.78 Å². The fourth-order valence-electron chi connectivity index (χ4n) is 2.50. The molecule has 2 aromatic heterocycles. The topological polar surface area (TPSA) is 58.1 Å². The van der Waals surface area contributed by atoms with Gasteiger partial charge >= 0.3 is 0 Å². The number of carbonyl (C=O) groups excluding carboxylic acids is 1. The SMILES string of the molecule is CN(CCc1ccccn1)C(=O)c1cccnc1Nc1ccccc1F. The van der Waals surface area contributed by atoms with Crippen molar-refractivity contribution in [1.29, 1.82) is 0 Å². The summed E-state index contributed by atoms with van der Waals surface area (Å²) in [7, 11) is 1.73. The minimum absolute atomic E-state index is 0.187. The zero-order chi connectivity index (χ0) is 18.4. The maximum absolute atomic E-state index is 13.9. The van der Waals surface area contributed by atoms with Gasteiger partial charge in [0, 0.05) is 38.1 Å². The molecule has 2 heterocycles. The number of halogens is 1. The van der Waals surface area contributed by atoms with Crippen LogP contribution >= 0.6 is 0 Å². The summed E-state index contributed by atoms with van der Waals surface area (Å²) < 4.78 is 13.9. The lowest BCUT2D eigenvalue weighted by molar-refractivity contribution is 0.0797. The summed E-state index contributed by atoms with van der Waals surface area (Å²) in [5.74, 6) is -0.264. The highest BCUT2D eigenvalue weighted by molar-refractivity contribution is 5.99. The molecular formula is C20H19FN4O. The van der Waals surface area contributed by atoms with Crippen LogP contribution in [0, 0.1) is 5.82 Å². The van der Waals surface area contributed by atoms with Crippen LogP contribution in [0.25, 0.3) is 0 Å². The molecule has 0 bridgehead atoms. The molecule has 0 fully saturated rings. The standard InChI is InChI=1S/C20H19FN4O/c1-25(14-11-15-7-4-5-12-22-15)20(26)16-8-6-13-23-19(16)24-18-10-3-2-9-17(18)21/h2-10,12-13H,11,14H2,1H3,(H,23,24). The second-order valence-corrected chi connectivity index (χ2v) is 5.80. The summed E-state index contributed by atoms with van der Waals surface area (Å²) in [5.41, 5.74) is 1.58. The molecule has 0 aliphatic heterocycles. The Hall–Kier alpha value is -3.28. The van der Waals surface area contributed by atoms with E-state index in [-0.39, 0.29) is 11.6 Å². The zero-order valence-corrected chi connectivity index (χ0v) is 14.4. The molecule has 0 aliphatic carbocycles. The summed E-state index contributed by atoms with van der Waals surface area (Å²) in [4.78, 5) is 22.9. The average molecular weight is 350 g/mol. The number of hydrogen-bond acceptors (Lipinski definition) is 4. The number of hydrogen-bond donors (Lipinski definition) is 1. The first-order valence-corrected chi connectivity index (χ1v) is 8.27. The molecule has 1 aromatic carbocycles. The van der Waals surface area contributed by atoms with Crippen molar-refractivity contribution < 1.29 is 9.18 Å². The number of para-hydroxylation sites is 1. The van der Waals surface area contributed by atoms with Crippen LogP contribution in [-0.4, -0.2) is 34.4 Å². The second kappa shape index (κ2) is 8.20. The molecule has 0 radical (unpaired) electrons. The van der Waals surface area contributed by atoms with Crippen molar-refractivity contribution in [2.24, 2.45) is 0 Å². The summed E-state index contributed by atoms with van der Waals surface area (Å²) in [5, 5.41) is 2.90. The Morgan fingerprint density at radius 1 is 1.04 bits per heavy atom. The summed E-state index contributed by atoms with van der Waals surface area (Å²) in [6.07, 6.45) is 3.95. The van der Waals surface area contributed by atoms with Gasteiger partial charge in [-0.1, -0.05) is 18.2 Å². The molecule has 0 aliphatic rings. The molecule has 0 spiro atoms. The van der Waals surface area contributed by atoms with Crippen LogP contribution in [0.4, 0.5) is 15.9 Å². The lowest BCUT2D eigenvalue weighted by atomic mass is 10.2. The van der Waals surface area contributed by atoms with Gasteiger partial charge < -0.3 is 10.2 Å². The maximum atomic E-state index is 13.9. The number of anilines is 2. The lowest BCUT2D eigenvalue weighted by Gasteiger charge is -2.19. The van der Waals surface area contributed by atoms with E-state index in [4.69, 9.17) is 0 Å². The van der Waals surface area contributed by atoms with Crippen molar-refractivity contribution in [2.75, 3.05) is 18.9 Å². The first-order valence-electron chi connectivity index (χ1n) is 8.27. The predicted molar refractivity (Wildman–Crippen MR) is 98.8 cm³/mol. The van der Waals surface area contributed by atoms with Gasteiger partial charge in [-0.15, -0.1) is 0 Å². The third kappa shape index (κ3) is 4.22. The molecule has 1 amide bonds. The molecule has 0 atom stereocenters. The second-order valence-electron chi connectivity index (χ2n) is 5.80. The normalized spacial score (nSPS) is 10.4. The molecule has 0 saturated carbocycles. The predicted octanol–water partition coefficient (Wildman–Crippen LogP) is 3.67. The number of amides is 1. The monoisotopic (exact) mass is 350 g/mol. The van der Waals surface area contributed by atoms with Crippen molar-refractivity contribution in [3.05, 3.63) is 84.1 Å². The van der Waals surface area contributed by atoms with Crippen LogP contribution in [0.3, 0.4) is 0 Å². The van der Waals surface area contributed by atoms with E-state index >= 15 is 0 Å². The number of likely N-dealkylation sites (N-methyl/N-ethyl adjacent to an activating group) is 1. The van der Waals surface area contributed by atoms with Gasteiger partial charge in [0.15, 0.2) is 0 Å². The van der Waals surface area contributed by atoms with Gasteiger partial charge in [0.05, 0.1) is 11.3 Å². The summed E-state index contributed by atoms with van der Waals surface area (Å²) in [6.45, 7) is 0.518. The van der Waals surface area contributed by atoms with E-state index in [0.29, 0.717) is 24.3 Å². The molecule has 1 N–H and O–H groups in total. The first kappa shape index (κ1) is 17.5. The fraction of sp³-hybridized carbons (Fsp3) is 0.150. The Bertz CT molecular complexity index is 886. The average Bonchev–Trinajstić information content (AvgIpc) is 2.68. The van der Waals surface area contributed by atoms with Gasteiger partial charge in [0.2, 0.25) is 0 Å². The number of nitrogens with zero attached hydrogens (tertiary/aromatic N) is 3. The van der Waals surface area contributed by atoms with E-state index in [2.05, 4.69) is 15.3 Å². The number of pyridine rings is 2. The van der Waals surface area contributed by atoms with Gasteiger partial charge in [-0.2, -0.15) is 0 Å². The third-order valence-corrected chi connectivity index (χ3v) is 3.94. The van der Waals surface area contributed by atoms with E-state index in [9.17, 15) is 9.18 Å². The van der Waals surface area contributed by atoms with Gasteiger partial charge in [0.1, 0.15) is 11.6 Å². The molecule has 5 nitrogen and oxygen atoms in total. The first-order chi connectivity index (χ1) is 12.6. The highest BCUT2D eigenvalue weighted by Gasteiger charge is 2.17. The van der Waals surface area contributed by atoms with Gasteiger partial charge in [-0.05, 0) is 36.4 Å². The van der Waals surface area contributed by atoms with Crippen LogP contribution in [0.2, 0.25) is 0 Å². The minimum Gasteiger partial charge on any atom is -0.341 e. The van der Waals surface area contributed by atoms with Crippen molar-refractivity contribution >= 4 is 17.4 Å². The summed E-state index contributed by atoms with van der Waals surface area (Å²) in [6, 6.07) is 15.3. The number of rotatable bonds is 6. The van der Waals surface area contributed by atoms with Crippen LogP contribution in [0.5, 0.6) is 0 Å². The van der Waals surface area contributed by atoms with Crippen LogP contribution in [-0.2, 0) is 6.42 Å². The molecular weight excluding hydrogens is 331 g/mol. The van der Waals surface area contributed by atoms with Crippen LogP contribution in [0.1, 0.15) is 16.1 Å². The van der Waals surface area contributed by atoms with Crippen molar-refractivity contribution in [1.82, 2.24) is 14.9 Å². The molecule has 0 unspecified atom stereocenters. The van der Waals surface area contributed by atoms with Crippen molar-refractivity contribution in [3.8, 4) is 0 Å². The molecule has 26 heavy (non-hydrogen) atoms. The Morgan fingerprint density at radius 2 is 1.81 bits per heavy atom. The summed E-state index contributed by atoms with van der Waals surface area (Å²) >= 11 is 0. The smallest absolute Gasteiger partial charge is 0.257 e. The zero-order valence-electron chi connectivity index (χ0n) is 14.4. The quantitative estimate of drug-likeness (QED) is 0.737. The Balaban J connectivity index is 1.74. The molecule has 3 rings (SSSR count). The largest absolute Gasteiger partial charge is 0.341 e. The number of carbonyl (C=O) groups is 1. The van der Waals surface area contributed by atoms with Crippen molar-refractivity contribution in [2.45, 2.75) is 6.42 Å².